The van der Waals surface area contributed by atoms with E-state index < -0.39 is 15.9 Å². The number of nitrogens with one attached hydrogen (secondary N) is 1. The van der Waals surface area contributed by atoms with Crippen LogP contribution in [0.15, 0.2) is 36.5 Å². The fourth-order valence-corrected chi connectivity index (χ4v) is 3.67. The number of amides is 1. The minimum absolute atomic E-state index is 0.163. The van der Waals surface area contributed by atoms with Crippen LogP contribution in [0.4, 0.5) is 0 Å². The molecule has 1 aromatic heterocycles. The summed E-state index contributed by atoms with van der Waals surface area (Å²) in [5.74, 6) is -1.05. The summed E-state index contributed by atoms with van der Waals surface area (Å²) < 4.78 is 28.1. The van der Waals surface area contributed by atoms with Gasteiger partial charge in [0.2, 0.25) is 10.0 Å². The third-order valence-electron chi connectivity index (χ3n) is 3.98. The third kappa shape index (κ3) is 3.46. The number of hydrogen-bond donors (Lipinski definition) is 1. The van der Waals surface area contributed by atoms with E-state index in [9.17, 15) is 13.2 Å². The summed E-state index contributed by atoms with van der Waals surface area (Å²) in [4.78, 5) is 12.3. The first kappa shape index (κ1) is 16.2. The van der Waals surface area contributed by atoms with Crippen LogP contribution in [0, 0.1) is 11.3 Å². The summed E-state index contributed by atoms with van der Waals surface area (Å²) in [6.45, 7) is 0. The molecule has 0 bridgehead atoms. The number of carbonyl (C=O) groups is 1. The van der Waals surface area contributed by atoms with Crippen LogP contribution in [-0.4, -0.2) is 24.1 Å². The molecule has 1 heterocycles. The fraction of sp³-hybridized carbons (Fsp3) is 0.312. The van der Waals surface area contributed by atoms with Crippen molar-refractivity contribution in [1.29, 1.82) is 5.26 Å². The number of benzene rings is 1. The summed E-state index contributed by atoms with van der Waals surface area (Å²) in [5, 5.41) is 13.0. The summed E-state index contributed by atoms with van der Waals surface area (Å²) in [7, 11) is -3.87. The zero-order valence-corrected chi connectivity index (χ0v) is 13.7. The zero-order chi connectivity index (χ0) is 17.2. The molecule has 1 amide bonds. The van der Waals surface area contributed by atoms with Crippen LogP contribution >= 0.6 is 0 Å². The number of hydrogen-bond acceptors (Lipinski definition) is 5. The van der Waals surface area contributed by atoms with Gasteiger partial charge in [-0.25, -0.2) is 13.1 Å². The summed E-state index contributed by atoms with van der Waals surface area (Å²) in [6.07, 6.45) is 4.46. The highest BCUT2D eigenvalue weighted by atomic mass is 32.2. The molecule has 24 heavy (non-hydrogen) atoms. The van der Waals surface area contributed by atoms with E-state index in [1.54, 1.807) is 22.9 Å². The molecule has 0 radical (unpaired) electrons. The Morgan fingerprint density at radius 1 is 1.38 bits per heavy atom. The van der Waals surface area contributed by atoms with Crippen molar-refractivity contribution in [2.24, 2.45) is 0 Å². The van der Waals surface area contributed by atoms with Crippen LogP contribution < -0.4 is 4.72 Å². The molecule has 7 nitrogen and oxygen atoms in total. The second-order valence-corrected chi connectivity index (χ2v) is 7.47. The lowest BCUT2D eigenvalue weighted by atomic mass is 9.93. The SMILES string of the molecule is N#Cc1cccc(CS(=O)(=O)NC(=O)c2ccnn2C2CCC2)c1. The van der Waals surface area contributed by atoms with Crippen molar-refractivity contribution < 1.29 is 13.2 Å². The van der Waals surface area contributed by atoms with Gasteiger partial charge in [-0.15, -0.1) is 0 Å². The predicted octanol–water partition coefficient (Wildman–Crippen LogP) is 1.74. The minimum atomic E-state index is -3.87. The van der Waals surface area contributed by atoms with Gasteiger partial charge in [0.15, 0.2) is 0 Å². The highest BCUT2D eigenvalue weighted by molar-refractivity contribution is 7.89. The highest BCUT2D eigenvalue weighted by Crippen LogP contribution is 2.31. The molecule has 2 aromatic rings. The molecule has 3 rings (SSSR count). The van der Waals surface area contributed by atoms with Crippen LogP contribution in [0.25, 0.3) is 0 Å². The van der Waals surface area contributed by atoms with Crippen molar-refractivity contribution in [3.05, 3.63) is 53.3 Å². The van der Waals surface area contributed by atoms with Crippen molar-refractivity contribution in [3.63, 3.8) is 0 Å². The molecule has 1 fully saturated rings. The largest absolute Gasteiger partial charge is 0.283 e. The normalized spacial score (nSPS) is 14.6. The topological polar surface area (TPSA) is 105 Å². The molecule has 0 spiro atoms. The monoisotopic (exact) mass is 344 g/mol. The van der Waals surface area contributed by atoms with Gasteiger partial charge in [0.05, 0.1) is 23.4 Å². The van der Waals surface area contributed by atoms with Gasteiger partial charge in [-0.05, 0) is 43.0 Å². The molecule has 1 aliphatic carbocycles. The van der Waals surface area contributed by atoms with Crippen molar-refractivity contribution in [2.75, 3.05) is 0 Å². The minimum Gasteiger partial charge on any atom is -0.266 e. The Labute approximate surface area is 140 Å². The maximum atomic E-state index is 12.3. The van der Waals surface area contributed by atoms with Crippen LogP contribution in [0.3, 0.4) is 0 Å². The highest BCUT2D eigenvalue weighted by Gasteiger charge is 2.26. The number of rotatable bonds is 5. The van der Waals surface area contributed by atoms with Gasteiger partial charge in [-0.1, -0.05) is 12.1 Å². The maximum absolute atomic E-state index is 12.3. The third-order valence-corrected chi connectivity index (χ3v) is 5.19. The number of aromatic nitrogens is 2. The first-order valence-electron chi connectivity index (χ1n) is 7.56. The maximum Gasteiger partial charge on any atom is 0.283 e. The van der Waals surface area contributed by atoms with E-state index in [0.29, 0.717) is 11.1 Å². The van der Waals surface area contributed by atoms with Gasteiger partial charge in [0, 0.05) is 6.20 Å². The summed E-state index contributed by atoms with van der Waals surface area (Å²) >= 11 is 0. The zero-order valence-electron chi connectivity index (χ0n) is 12.8. The average molecular weight is 344 g/mol. The molecule has 1 N–H and O–H groups in total. The van der Waals surface area contributed by atoms with Gasteiger partial charge in [-0.2, -0.15) is 10.4 Å². The fourth-order valence-electron chi connectivity index (χ4n) is 2.60. The lowest BCUT2D eigenvalue weighted by molar-refractivity contribution is 0.0963. The number of sulfonamides is 1. The molecule has 0 saturated heterocycles. The van der Waals surface area contributed by atoms with Crippen molar-refractivity contribution in [3.8, 4) is 6.07 Å². The lowest BCUT2D eigenvalue weighted by Crippen LogP contribution is -2.34. The molecule has 0 unspecified atom stereocenters. The number of carbonyl (C=O) groups excluding carboxylic acids is 1. The lowest BCUT2D eigenvalue weighted by Gasteiger charge is -2.27. The first-order chi connectivity index (χ1) is 11.5. The van der Waals surface area contributed by atoms with Crippen LogP contribution in [-0.2, 0) is 15.8 Å². The van der Waals surface area contributed by atoms with Gasteiger partial charge in [0.25, 0.3) is 5.91 Å². The van der Waals surface area contributed by atoms with Gasteiger partial charge >= 0.3 is 0 Å². The van der Waals surface area contributed by atoms with E-state index in [4.69, 9.17) is 5.26 Å². The van der Waals surface area contributed by atoms with E-state index >= 15 is 0 Å². The number of nitrogens with zero attached hydrogens (tertiary/aromatic N) is 3. The van der Waals surface area contributed by atoms with Gasteiger partial charge in [-0.3, -0.25) is 9.48 Å². The van der Waals surface area contributed by atoms with Crippen LogP contribution in [0.5, 0.6) is 0 Å². The Hall–Kier alpha value is -2.66. The Balaban J connectivity index is 1.73. The molecule has 1 aliphatic rings. The van der Waals surface area contributed by atoms with Gasteiger partial charge in [0.1, 0.15) is 5.69 Å². The Morgan fingerprint density at radius 2 is 2.17 bits per heavy atom. The first-order valence-corrected chi connectivity index (χ1v) is 9.21. The molecular weight excluding hydrogens is 328 g/mol. The van der Waals surface area contributed by atoms with Crippen molar-refractivity contribution >= 4 is 15.9 Å². The predicted molar refractivity (Wildman–Crippen MR) is 86.4 cm³/mol. The Kier molecular flexibility index (Phi) is 4.36. The van der Waals surface area contributed by atoms with E-state index in [1.807, 2.05) is 6.07 Å². The molecule has 1 aromatic carbocycles. The number of nitriles is 1. The average Bonchev–Trinajstić information content (AvgIpc) is 2.93. The van der Waals surface area contributed by atoms with Gasteiger partial charge < -0.3 is 0 Å². The Morgan fingerprint density at radius 3 is 2.83 bits per heavy atom. The summed E-state index contributed by atoms with van der Waals surface area (Å²) in [5.41, 5.74) is 1.06. The van der Waals surface area contributed by atoms with E-state index in [-0.39, 0.29) is 17.5 Å². The molecular formula is C16H16N4O3S. The standard InChI is InChI=1S/C16H16N4O3S/c17-10-12-3-1-4-13(9-12)11-24(22,23)19-16(21)15-7-8-18-20(15)14-5-2-6-14/h1,3-4,7-9,14H,2,5-6,11H2,(H,19,21). The quantitative estimate of drug-likeness (QED) is 0.889. The van der Waals surface area contributed by atoms with E-state index in [2.05, 4.69) is 9.82 Å². The second-order valence-electron chi connectivity index (χ2n) is 5.75. The molecule has 0 aliphatic heterocycles. The smallest absolute Gasteiger partial charge is 0.266 e. The Bertz CT molecular complexity index is 907. The van der Waals surface area contributed by atoms with Crippen molar-refractivity contribution in [1.82, 2.24) is 14.5 Å². The van der Waals surface area contributed by atoms with E-state index in [0.717, 1.165) is 19.3 Å². The molecule has 8 heteroatoms. The molecule has 1 saturated carbocycles. The van der Waals surface area contributed by atoms with Crippen LogP contribution in [0.1, 0.15) is 46.9 Å². The van der Waals surface area contributed by atoms with Crippen LogP contribution in [0.2, 0.25) is 0 Å². The van der Waals surface area contributed by atoms with E-state index in [1.165, 1.54) is 18.3 Å². The molecule has 124 valence electrons. The summed E-state index contributed by atoms with van der Waals surface area (Å²) in [6, 6.07) is 9.92. The molecule has 0 atom stereocenters. The van der Waals surface area contributed by atoms with Crippen molar-refractivity contribution in [2.45, 2.75) is 31.1 Å². The second kappa shape index (κ2) is 6.45.